The Bertz CT molecular complexity index is 1220. The number of benzene rings is 1. The molecule has 0 atom stereocenters. The Balaban J connectivity index is 1.37. The first-order chi connectivity index (χ1) is 18.0. The Labute approximate surface area is 226 Å². The van der Waals surface area contributed by atoms with Crippen LogP contribution in [0.15, 0.2) is 12.1 Å². The van der Waals surface area contributed by atoms with Gasteiger partial charge in [0.15, 0.2) is 5.13 Å². The van der Waals surface area contributed by atoms with E-state index in [0.29, 0.717) is 69.2 Å². The quantitative estimate of drug-likeness (QED) is 0.371. The second-order valence-electron chi connectivity index (χ2n) is 10.4. The van der Waals surface area contributed by atoms with Crippen LogP contribution in [0.2, 0.25) is 0 Å². The van der Waals surface area contributed by atoms with E-state index in [-0.39, 0.29) is 34.4 Å². The first-order valence-corrected chi connectivity index (χ1v) is 15.3. The number of ketones is 1. The third-order valence-electron chi connectivity index (χ3n) is 6.65. The first kappa shape index (κ1) is 28.8. The molecular weight excluding hydrogens is 536 g/mol. The number of thiazole rings is 1. The fourth-order valence-electron chi connectivity index (χ4n) is 4.89. The van der Waals surface area contributed by atoms with Crippen LogP contribution in [0.5, 0.6) is 0 Å². The highest BCUT2D eigenvalue weighted by Gasteiger charge is 2.28. The van der Waals surface area contributed by atoms with Crippen molar-refractivity contribution in [3.8, 4) is 0 Å². The zero-order chi connectivity index (χ0) is 27.4. The molecule has 0 unspecified atom stereocenters. The Morgan fingerprint density at radius 2 is 1.76 bits per heavy atom. The first-order valence-electron chi connectivity index (χ1n) is 12.9. The van der Waals surface area contributed by atoms with Crippen molar-refractivity contribution in [2.24, 2.45) is 5.92 Å². The van der Waals surface area contributed by atoms with Crippen molar-refractivity contribution >= 4 is 38.1 Å². The van der Waals surface area contributed by atoms with Crippen molar-refractivity contribution in [2.75, 3.05) is 43.1 Å². The molecule has 13 heteroatoms. The standard InChI is InChI=1S/C25H35F2N5O4S2/c1-15(2)14-38(34,35)31-18-5-3-17(4-6-18)29-25-30-24(28)23(37-25)22(33)21-19(26)11-16(12-20(21)27)13-32-7-9-36-10-8-32/h11-12,15,17-18,31H,3-10,13-14,28H2,1-2H3,(H,29,30). The third kappa shape index (κ3) is 7.47. The molecule has 4 rings (SSSR count). The van der Waals surface area contributed by atoms with E-state index >= 15 is 0 Å². The number of nitrogens with two attached hydrogens (primary N) is 1. The molecule has 38 heavy (non-hydrogen) atoms. The van der Waals surface area contributed by atoms with Crippen LogP contribution >= 0.6 is 11.3 Å². The van der Waals surface area contributed by atoms with Crippen LogP contribution in [0, 0.1) is 17.6 Å². The van der Waals surface area contributed by atoms with E-state index < -0.39 is 33.0 Å². The summed E-state index contributed by atoms with van der Waals surface area (Å²) in [7, 11) is -3.32. The van der Waals surface area contributed by atoms with Gasteiger partial charge in [0.1, 0.15) is 22.3 Å². The maximum Gasteiger partial charge on any atom is 0.212 e. The molecule has 4 N–H and O–H groups in total. The van der Waals surface area contributed by atoms with Gasteiger partial charge in [0.25, 0.3) is 0 Å². The molecule has 1 saturated heterocycles. The summed E-state index contributed by atoms with van der Waals surface area (Å²) in [5.41, 5.74) is 5.77. The van der Waals surface area contributed by atoms with E-state index in [9.17, 15) is 22.0 Å². The molecule has 1 aliphatic carbocycles. The number of nitrogens with one attached hydrogen (secondary N) is 2. The molecule has 1 aromatic heterocycles. The van der Waals surface area contributed by atoms with Crippen LogP contribution in [0.3, 0.4) is 0 Å². The van der Waals surface area contributed by atoms with Crippen LogP contribution in [0.1, 0.15) is 60.3 Å². The molecule has 2 fully saturated rings. The predicted molar refractivity (Wildman–Crippen MR) is 144 cm³/mol. The Morgan fingerprint density at radius 3 is 2.37 bits per heavy atom. The van der Waals surface area contributed by atoms with Gasteiger partial charge >= 0.3 is 0 Å². The lowest BCUT2D eigenvalue weighted by molar-refractivity contribution is 0.0341. The van der Waals surface area contributed by atoms with Gasteiger partial charge in [0, 0.05) is 31.7 Å². The predicted octanol–water partition coefficient (Wildman–Crippen LogP) is 3.37. The fraction of sp³-hybridized carbons (Fsp3) is 0.600. The second-order valence-corrected chi connectivity index (χ2v) is 13.2. The van der Waals surface area contributed by atoms with Crippen molar-refractivity contribution in [3.05, 3.63) is 39.8 Å². The van der Waals surface area contributed by atoms with E-state index in [2.05, 4.69) is 15.0 Å². The number of morpholine rings is 1. The van der Waals surface area contributed by atoms with Crippen molar-refractivity contribution < 1.29 is 26.7 Å². The smallest absolute Gasteiger partial charge is 0.212 e. The fourth-order valence-corrected chi connectivity index (χ4v) is 7.52. The molecule has 210 valence electrons. The lowest BCUT2D eigenvalue weighted by Crippen LogP contribution is -2.41. The number of nitrogen functional groups attached to an aromatic ring is 1. The summed E-state index contributed by atoms with van der Waals surface area (Å²) in [6.07, 6.45) is 2.72. The van der Waals surface area contributed by atoms with Crippen LogP contribution in [-0.4, -0.2) is 68.2 Å². The molecule has 2 aromatic rings. The second kappa shape index (κ2) is 12.3. The van der Waals surface area contributed by atoms with Gasteiger partial charge in [-0.3, -0.25) is 9.69 Å². The number of halogens is 2. The summed E-state index contributed by atoms with van der Waals surface area (Å²) in [5, 5.41) is 3.63. The van der Waals surface area contributed by atoms with E-state index in [4.69, 9.17) is 10.5 Å². The van der Waals surface area contributed by atoms with Gasteiger partial charge in [-0.2, -0.15) is 0 Å². The number of carbonyl (C=O) groups is 1. The van der Waals surface area contributed by atoms with E-state index in [1.54, 1.807) is 0 Å². The summed E-state index contributed by atoms with van der Waals surface area (Å²) in [4.78, 5) is 19.3. The highest BCUT2D eigenvalue weighted by Crippen LogP contribution is 2.32. The SMILES string of the molecule is CC(C)CS(=O)(=O)NC1CCC(Nc2nc(N)c(C(=O)c3c(F)cc(CN4CCOCC4)cc3F)s2)CC1. The number of rotatable bonds is 10. The molecule has 1 aromatic carbocycles. The highest BCUT2D eigenvalue weighted by atomic mass is 32.2. The number of ether oxygens (including phenoxy) is 1. The van der Waals surface area contributed by atoms with Gasteiger partial charge < -0.3 is 15.8 Å². The lowest BCUT2D eigenvalue weighted by Gasteiger charge is -2.29. The van der Waals surface area contributed by atoms with Crippen molar-refractivity contribution in [1.29, 1.82) is 0 Å². The molecule has 0 radical (unpaired) electrons. The normalized spacial score (nSPS) is 21.1. The van der Waals surface area contributed by atoms with E-state index in [1.807, 2.05) is 18.7 Å². The van der Waals surface area contributed by atoms with Crippen molar-refractivity contribution in [2.45, 2.75) is 58.2 Å². The Morgan fingerprint density at radius 1 is 1.16 bits per heavy atom. The molecule has 0 bridgehead atoms. The van der Waals surface area contributed by atoms with Crippen LogP contribution < -0.4 is 15.8 Å². The Hall–Kier alpha value is -2.19. The minimum Gasteiger partial charge on any atom is -0.382 e. The number of carbonyl (C=O) groups excluding carboxylic acids is 1. The lowest BCUT2D eigenvalue weighted by atomic mass is 9.92. The third-order valence-corrected chi connectivity index (χ3v) is 9.45. The minimum absolute atomic E-state index is 0.0160. The number of hydrogen-bond acceptors (Lipinski definition) is 9. The topological polar surface area (TPSA) is 127 Å². The van der Waals surface area contributed by atoms with Gasteiger partial charge in [0.05, 0.1) is 24.5 Å². The summed E-state index contributed by atoms with van der Waals surface area (Å²) >= 11 is 0.960. The molecule has 0 spiro atoms. The number of nitrogens with zero attached hydrogens (tertiary/aromatic N) is 2. The number of anilines is 2. The zero-order valence-electron chi connectivity index (χ0n) is 21.6. The van der Waals surface area contributed by atoms with Crippen molar-refractivity contribution in [3.63, 3.8) is 0 Å². The molecule has 1 aliphatic heterocycles. The molecule has 2 heterocycles. The summed E-state index contributed by atoms with van der Waals surface area (Å²) in [6, 6.07) is 2.28. The van der Waals surface area contributed by atoms with Gasteiger partial charge in [-0.25, -0.2) is 26.9 Å². The maximum atomic E-state index is 14.9. The summed E-state index contributed by atoms with van der Waals surface area (Å²) in [6.45, 7) is 6.58. The zero-order valence-corrected chi connectivity index (χ0v) is 23.3. The van der Waals surface area contributed by atoms with Gasteiger partial charge in [-0.1, -0.05) is 25.2 Å². The highest BCUT2D eigenvalue weighted by molar-refractivity contribution is 7.89. The number of sulfonamides is 1. The van der Waals surface area contributed by atoms with E-state index in [1.165, 1.54) is 12.1 Å². The molecular formula is C25H35F2N5O4S2. The minimum atomic E-state index is -3.32. The average molecular weight is 572 g/mol. The average Bonchev–Trinajstić information content (AvgIpc) is 3.19. The van der Waals surface area contributed by atoms with Crippen LogP contribution in [0.4, 0.5) is 19.7 Å². The summed E-state index contributed by atoms with van der Waals surface area (Å²) in [5.74, 6) is -2.65. The number of hydrogen-bond donors (Lipinski definition) is 3. The van der Waals surface area contributed by atoms with Crippen molar-refractivity contribution in [1.82, 2.24) is 14.6 Å². The molecule has 9 nitrogen and oxygen atoms in total. The number of aromatic nitrogens is 1. The maximum absolute atomic E-state index is 14.9. The van der Waals surface area contributed by atoms with Gasteiger partial charge in [0.2, 0.25) is 15.8 Å². The van der Waals surface area contributed by atoms with Crippen LogP contribution in [-0.2, 0) is 21.3 Å². The summed E-state index contributed by atoms with van der Waals surface area (Å²) < 4.78 is 62.3. The Kier molecular flexibility index (Phi) is 9.35. The largest absolute Gasteiger partial charge is 0.382 e. The molecule has 1 saturated carbocycles. The van der Waals surface area contributed by atoms with Gasteiger partial charge in [-0.05, 0) is 49.3 Å². The monoisotopic (exact) mass is 571 g/mol. The molecule has 2 aliphatic rings. The molecule has 0 amide bonds. The van der Waals surface area contributed by atoms with E-state index in [0.717, 1.165) is 11.3 Å². The van der Waals surface area contributed by atoms with Crippen LogP contribution in [0.25, 0.3) is 0 Å². The van der Waals surface area contributed by atoms with Gasteiger partial charge in [-0.15, -0.1) is 0 Å².